The van der Waals surface area contributed by atoms with Crippen LogP contribution in [0, 0.1) is 0 Å². The predicted molar refractivity (Wildman–Crippen MR) is 44.9 cm³/mol. The highest BCUT2D eigenvalue weighted by molar-refractivity contribution is 5.77. The summed E-state index contributed by atoms with van der Waals surface area (Å²) in [5.41, 5.74) is 2.17. The molecule has 3 rings (SSSR count). The van der Waals surface area contributed by atoms with Crippen molar-refractivity contribution >= 4 is 11.0 Å². The lowest BCUT2D eigenvalue weighted by molar-refractivity contribution is 0.415. The molecular weight excluding hydrogens is 152 g/mol. The van der Waals surface area contributed by atoms with Gasteiger partial charge < -0.3 is 9.15 Å². The molecule has 0 spiro atoms. The number of rotatable bonds is 1. The fourth-order valence-corrected chi connectivity index (χ4v) is 1.41. The summed E-state index contributed by atoms with van der Waals surface area (Å²) in [6.07, 6.45) is 2.03. The average Bonchev–Trinajstić information content (AvgIpc) is 2.84. The van der Waals surface area contributed by atoms with Gasteiger partial charge in [0.1, 0.15) is 11.7 Å². The molecule has 0 N–H and O–H groups in total. The van der Waals surface area contributed by atoms with Crippen molar-refractivity contribution in [1.82, 2.24) is 0 Å². The van der Waals surface area contributed by atoms with Crippen LogP contribution in [0.5, 0.6) is 0 Å². The van der Waals surface area contributed by atoms with Gasteiger partial charge in [-0.25, -0.2) is 0 Å². The highest BCUT2D eigenvalue weighted by atomic mass is 16.6. The molecule has 1 fully saturated rings. The van der Waals surface area contributed by atoms with Crippen LogP contribution in [0.3, 0.4) is 0 Å². The molecule has 1 aromatic heterocycles. The normalized spacial score (nSPS) is 21.5. The summed E-state index contributed by atoms with van der Waals surface area (Å²) in [6.45, 7) is 0.853. The Hall–Kier alpha value is -1.28. The van der Waals surface area contributed by atoms with Crippen molar-refractivity contribution in [2.45, 2.75) is 6.10 Å². The Labute approximate surface area is 69.7 Å². The minimum atomic E-state index is 0.319. The minimum absolute atomic E-state index is 0.319. The second kappa shape index (κ2) is 2.11. The Morgan fingerprint density at radius 3 is 3.00 bits per heavy atom. The lowest BCUT2D eigenvalue weighted by Crippen LogP contribution is -1.77. The van der Waals surface area contributed by atoms with Crippen LogP contribution in [-0.4, -0.2) is 6.61 Å². The summed E-state index contributed by atoms with van der Waals surface area (Å²) >= 11 is 0. The third kappa shape index (κ3) is 0.850. The van der Waals surface area contributed by atoms with Gasteiger partial charge in [-0.2, -0.15) is 0 Å². The van der Waals surface area contributed by atoms with E-state index in [1.54, 1.807) is 6.26 Å². The topological polar surface area (TPSA) is 25.7 Å². The van der Waals surface area contributed by atoms with Gasteiger partial charge in [-0.3, -0.25) is 0 Å². The number of ether oxygens (including phenoxy) is 1. The molecule has 2 aromatic rings. The van der Waals surface area contributed by atoms with Gasteiger partial charge in [-0.15, -0.1) is 0 Å². The van der Waals surface area contributed by atoms with Crippen molar-refractivity contribution in [2.24, 2.45) is 0 Å². The molecule has 0 unspecified atom stereocenters. The van der Waals surface area contributed by atoms with Gasteiger partial charge >= 0.3 is 0 Å². The van der Waals surface area contributed by atoms with E-state index in [1.807, 2.05) is 12.1 Å². The quantitative estimate of drug-likeness (QED) is 0.599. The number of fused-ring (bicyclic) bond motifs is 1. The first-order chi connectivity index (χ1) is 5.93. The molecule has 0 aliphatic carbocycles. The van der Waals surface area contributed by atoms with Crippen molar-refractivity contribution in [1.29, 1.82) is 0 Å². The van der Waals surface area contributed by atoms with Crippen molar-refractivity contribution in [3.8, 4) is 0 Å². The van der Waals surface area contributed by atoms with Gasteiger partial charge in [0.25, 0.3) is 0 Å². The number of epoxide rings is 1. The van der Waals surface area contributed by atoms with Gasteiger partial charge in [0.2, 0.25) is 0 Å². The van der Waals surface area contributed by atoms with Crippen LogP contribution in [0.15, 0.2) is 34.9 Å². The van der Waals surface area contributed by atoms with Crippen LogP contribution in [0.4, 0.5) is 0 Å². The van der Waals surface area contributed by atoms with E-state index in [-0.39, 0.29) is 0 Å². The van der Waals surface area contributed by atoms with Gasteiger partial charge in [-0.05, 0) is 17.7 Å². The molecule has 1 saturated heterocycles. The highest BCUT2D eigenvalue weighted by Crippen LogP contribution is 2.31. The molecule has 12 heavy (non-hydrogen) atoms. The van der Waals surface area contributed by atoms with Crippen LogP contribution >= 0.6 is 0 Å². The molecule has 60 valence electrons. The number of hydrogen-bond donors (Lipinski definition) is 0. The number of furan rings is 1. The van der Waals surface area contributed by atoms with Crippen molar-refractivity contribution in [3.05, 3.63) is 36.1 Å². The largest absolute Gasteiger partial charge is 0.464 e. The Bertz CT molecular complexity index is 412. The molecule has 0 saturated carbocycles. The van der Waals surface area contributed by atoms with Crippen molar-refractivity contribution in [2.75, 3.05) is 6.61 Å². The zero-order chi connectivity index (χ0) is 7.97. The number of benzene rings is 1. The zero-order valence-corrected chi connectivity index (χ0v) is 6.49. The molecule has 0 amide bonds. The lowest BCUT2D eigenvalue weighted by Gasteiger charge is -1.93. The second-order valence-corrected chi connectivity index (χ2v) is 3.04. The zero-order valence-electron chi connectivity index (χ0n) is 6.49. The third-order valence-electron chi connectivity index (χ3n) is 2.19. The molecule has 1 aromatic carbocycles. The van der Waals surface area contributed by atoms with E-state index in [0.29, 0.717) is 6.10 Å². The van der Waals surface area contributed by atoms with Crippen LogP contribution in [0.1, 0.15) is 11.7 Å². The van der Waals surface area contributed by atoms with Crippen LogP contribution in [-0.2, 0) is 4.74 Å². The van der Waals surface area contributed by atoms with Crippen molar-refractivity contribution in [3.63, 3.8) is 0 Å². The first kappa shape index (κ1) is 6.26. The van der Waals surface area contributed by atoms with E-state index in [0.717, 1.165) is 17.6 Å². The third-order valence-corrected chi connectivity index (χ3v) is 2.19. The minimum Gasteiger partial charge on any atom is -0.464 e. The van der Waals surface area contributed by atoms with Gasteiger partial charge in [0.05, 0.1) is 12.9 Å². The molecule has 1 atom stereocenters. The Balaban J connectivity index is 2.21. The summed E-state index contributed by atoms with van der Waals surface area (Å²) in [6, 6.07) is 8.17. The maximum atomic E-state index is 5.28. The summed E-state index contributed by atoms with van der Waals surface area (Å²) in [5, 5.41) is 1.15. The first-order valence-corrected chi connectivity index (χ1v) is 4.02. The molecule has 1 aliphatic rings. The van der Waals surface area contributed by atoms with E-state index in [2.05, 4.69) is 12.1 Å². The monoisotopic (exact) mass is 160 g/mol. The molecule has 0 bridgehead atoms. The summed E-state index contributed by atoms with van der Waals surface area (Å²) in [5.74, 6) is 0. The number of hydrogen-bond acceptors (Lipinski definition) is 2. The fraction of sp³-hybridized carbons (Fsp3) is 0.200. The fourth-order valence-electron chi connectivity index (χ4n) is 1.41. The molecule has 0 radical (unpaired) electrons. The molecule has 2 heteroatoms. The van der Waals surface area contributed by atoms with E-state index in [9.17, 15) is 0 Å². The van der Waals surface area contributed by atoms with E-state index < -0.39 is 0 Å². The Morgan fingerprint density at radius 2 is 2.17 bits per heavy atom. The Morgan fingerprint density at radius 1 is 1.25 bits per heavy atom. The van der Waals surface area contributed by atoms with Gasteiger partial charge in [0, 0.05) is 5.39 Å². The lowest BCUT2D eigenvalue weighted by atomic mass is 10.1. The summed E-state index contributed by atoms with van der Waals surface area (Å²) in [7, 11) is 0. The van der Waals surface area contributed by atoms with Crippen molar-refractivity contribution < 1.29 is 9.15 Å². The van der Waals surface area contributed by atoms with E-state index >= 15 is 0 Å². The molecule has 1 aliphatic heterocycles. The molecule has 2 nitrogen and oxygen atoms in total. The summed E-state index contributed by atoms with van der Waals surface area (Å²) in [4.78, 5) is 0. The highest BCUT2D eigenvalue weighted by Gasteiger charge is 2.24. The Kier molecular flexibility index (Phi) is 1.10. The second-order valence-electron chi connectivity index (χ2n) is 3.04. The van der Waals surface area contributed by atoms with Crippen LogP contribution < -0.4 is 0 Å². The smallest absolute Gasteiger partial charge is 0.134 e. The maximum absolute atomic E-state index is 5.28. The van der Waals surface area contributed by atoms with Crippen LogP contribution in [0.25, 0.3) is 11.0 Å². The molecular formula is C10H8O2. The van der Waals surface area contributed by atoms with Crippen LogP contribution in [0.2, 0.25) is 0 Å². The first-order valence-electron chi connectivity index (χ1n) is 4.02. The SMILES string of the molecule is c1cc2ccc([C@H]3CO3)cc2o1. The predicted octanol–water partition coefficient (Wildman–Crippen LogP) is 2.50. The van der Waals surface area contributed by atoms with E-state index in [4.69, 9.17) is 9.15 Å². The summed E-state index contributed by atoms with van der Waals surface area (Å²) < 4.78 is 10.5. The average molecular weight is 160 g/mol. The maximum Gasteiger partial charge on any atom is 0.134 e. The van der Waals surface area contributed by atoms with Gasteiger partial charge in [-0.1, -0.05) is 12.1 Å². The molecule has 2 heterocycles. The van der Waals surface area contributed by atoms with E-state index in [1.165, 1.54) is 5.56 Å². The standard InChI is InChI=1S/C10H8O2/c1-2-8(10-6-12-10)5-9-7(1)3-4-11-9/h1-5,10H,6H2/t10-/m1/s1. The van der Waals surface area contributed by atoms with Gasteiger partial charge in [0.15, 0.2) is 0 Å².